The summed E-state index contributed by atoms with van der Waals surface area (Å²) in [7, 11) is 0. The predicted molar refractivity (Wildman–Crippen MR) is 64.8 cm³/mol. The average molecular weight is 235 g/mol. The summed E-state index contributed by atoms with van der Waals surface area (Å²) < 4.78 is 5.56. The van der Waals surface area contributed by atoms with Gasteiger partial charge in [-0.05, 0) is 37.0 Å². The molecule has 3 heteroatoms. The largest absolute Gasteiger partial charge is 0.550 e. The zero-order chi connectivity index (χ0) is 12.5. The number of aliphatic carboxylic acids is 1. The number of unbranched alkanes of at least 4 members (excludes halogenated alkanes) is 2. The van der Waals surface area contributed by atoms with E-state index in [9.17, 15) is 9.90 Å². The summed E-state index contributed by atoms with van der Waals surface area (Å²) in [6.07, 6.45) is 4.02. The number of aryl methyl sites for hydroxylation is 1. The highest BCUT2D eigenvalue weighted by Gasteiger charge is 1.96. The number of carboxylic acid groups (broad SMARTS) is 1. The highest BCUT2D eigenvalue weighted by molar-refractivity contribution is 5.64. The smallest absolute Gasteiger partial charge is 0.119 e. The lowest BCUT2D eigenvalue weighted by Gasteiger charge is -2.07. The molecular formula is C14H19O3-. The van der Waals surface area contributed by atoms with E-state index in [0.29, 0.717) is 6.42 Å². The Hall–Kier alpha value is -1.51. The number of carbonyl (C=O) groups excluding carboxylic acids is 1. The quantitative estimate of drug-likeness (QED) is 0.647. The van der Waals surface area contributed by atoms with Crippen LogP contribution in [0.5, 0.6) is 5.75 Å². The fourth-order valence-corrected chi connectivity index (χ4v) is 1.54. The first-order chi connectivity index (χ1) is 8.22. The Labute approximate surface area is 102 Å². The molecule has 1 aromatic carbocycles. The van der Waals surface area contributed by atoms with Gasteiger partial charge in [-0.3, -0.25) is 0 Å². The van der Waals surface area contributed by atoms with Crippen LogP contribution in [-0.4, -0.2) is 12.6 Å². The van der Waals surface area contributed by atoms with Gasteiger partial charge >= 0.3 is 0 Å². The van der Waals surface area contributed by atoms with Gasteiger partial charge in [0.15, 0.2) is 0 Å². The van der Waals surface area contributed by atoms with Crippen molar-refractivity contribution in [3.05, 3.63) is 29.8 Å². The number of benzene rings is 1. The van der Waals surface area contributed by atoms with Crippen LogP contribution in [0.3, 0.4) is 0 Å². The first kappa shape index (κ1) is 13.6. The van der Waals surface area contributed by atoms with Gasteiger partial charge in [-0.15, -0.1) is 0 Å². The number of ether oxygens (including phenoxy) is 1. The molecule has 0 aromatic heterocycles. The maximum absolute atomic E-state index is 10.3. The molecular weight excluding hydrogens is 216 g/mol. The van der Waals surface area contributed by atoms with Crippen molar-refractivity contribution < 1.29 is 14.6 Å². The standard InChI is InChI=1S/C14H20O3/c1-2-3-4-11-17-13-8-5-12(6-9-13)7-10-14(15)16/h5-6,8-9H,2-4,7,10-11H2,1H3,(H,15,16)/p-1. The lowest BCUT2D eigenvalue weighted by Crippen LogP contribution is -2.22. The van der Waals surface area contributed by atoms with E-state index in [4.69, 9.17) is 4.74 Å². The van der Waals surface area contributed by atoms with Crippen LogP contribution in [0.4, 0.5) is 0 Å². The molecule has 3 nitrogen and oxygen atoms in total. The van der Waals surface area contributed by atoms with E-state index in [0.717, 1.165) is 24.3 Å². The van der Waals surface area contributed by atoms with Gasteiger partial charge in [-0.25, -0.2) is 0 Å². The Morgan fingerprint density at radius 2 is 1.94 bits per heavy atom. The normalized spacial score (nSPS) is 10.2. The Bertz CT molecular complexity index is 330. The summed E-state index contributed by atoms with van der Waals surface area (Å²) in [6.45, 7) is 2.90. The Kier molecular flexibility index (Phi) is 6.15. The summed E-state index contributed by atoms with van der Waals surface area (Å²) in [5.74, 6) is -0.164. The second kappa shape index (κ2) is 7.71. The maximum Gasteiger partial charge on any atom is 0.119 e. The summed E-state index contributed by atoms with van der Waals surface area (Å²) in [6, 6.07) is 7.57. The third kappa shape index (κ3) is 5.95. The van der Waals surface area contributed by atoms with E-state index >= 15 is 0 Å². The van der Waals surface area contributed by atoms with Gasteiger partial charge in [0.05, 0.1) is 6.61 Å². The molecule has 1 rings (SSSR count). The SMILES string of the molecule is CCCCCOc1ccc(CCC(=O)[O-])cc1. The number of carbonyl (C=O) groups is 1. The van der Waals surface area contributed by atoms with Crippen LogP contribution in [0.15, 0.2) is 24.3 Å². The van der Waals surface area contributed by atoms with E-state index in [-0.39, 0.29) is 6.42 Å². The second-order valence-electron chi connectivity index (χ2n) is 4.07. The molecule has 17 heavy (non-hydrogen) atoms. The first-order valence-electron chi connectivity index (χ1n) is 6.14. The van der Waals surface area contributed by atoms with Crippen molar-refractivity contribution in [1.29, 1.82) is 0 Å². The monoisotopic (exact) mass is 235 g/mol. The molecule has 0 aliphatic rings. The Morgan fingerprint density at radius 3 is 2.53 bits per heavy atom. The third-order valence-electron chi connectivity index (χ3n) is 2.56. The van der Waals surface area contributed by atoms with Gasteiger partial charge < -0.3 is 14.6 Å². The van der Waals surface area contributed by atoms with Crippen LogP contribution in [-0.2, 0) is 11.2 Å². The van der Waals surface area contributed by atoms with E-state index in [1.807, 2.05) is 24.3 Å². The molecule has 0 heterocycles. The predicted octanol–water partition coefficient (Wildman–Crippen LogP) is 1.94. The van der Waals surface area contributed by atoms with Gasteiger partial charge in [0.1, 0.15) is 5.75 Å². The maximum atomic E-state index is 10.3. The van der Waals surface area contributed by atoms with Gasteiger partial charge in [-0.2, -0.15) is 0 Å². The molecule has 0 aliphatic heterocycles. The summed E-state index contributed by atoms with van der Waals surface area (Å²) >= 11 is 0. The van der Waals surface area contributed by atoms with Crippen LogP contribution in [0.2, 0.25) is 0 Å². The first-order valence-corrected chi connectivity index (χ1v) is 6.14. The molecule has 0 atom stereocenters. The van der Waals surface area contributed by atoms with Gasteiger partial charge in [0, 0.05) is 5.97 Å². The average Bonchev–Trinajstić information content (AvgIpc) is 2.33. The van der Waals surface area contributed by atoms with Crippen LogP contribution in [0, 0.1) is 0 Å². The minimum atomic E-state index is -1.01. The van der Waals surface area contributed by atoms with Crippen molar-refractivity contribution in [3.8, 4) is 5.75 Å². The molecule has 0 amide bonds. The van der Waals surface area contributed by atoms with Crippen LogP contribution in [0.25, 0.3) is 0 Å². The van der Waals surface area contributed by atoms with E-state index < -0.39 is 5.97 Å². The second-order valence-corrected chi connectivity index (χ2v) is 4.07. The van der Waals surface area contributed by atoms with Gasteiger partial charge in [0.25, 0.3) is 0 Å². The van der Waals surface area contributed by atoms with Crippen molar-refractivity contribution in [1.82, 2.24) is 0 Å². The van der Waals surface area contributed by atoms with Crippen molar-refractivity contribution >= 4 is 5.97 Å². The highest BCUT2D eigenvalue weighted by Crippen LogP contribution is 2.13. The lowest BCUT2D eigenvalue weighted by molar-refractivity contribution is -0.305. The molecule has 0 N–H and O–H groups in total. The molecule has 0 spiro atoms. The molecule has 1 aromatic rings. The number of hydrogen-bond acceptors (Lipinski definition) is 3. The topological polar surface area (TPSA) is 49.4 Å². The molecule has 0 radical (unpaired) electrons. The molecule has 0 fully saturated rings. The third-order valence-corrected chi connectivity index (χ3v) is 2.56. The molecule has 0 bridgehead atoms. The molecule has 0 aliphatic carbocycles. The molecule has 0 unspecified atom stereocenters. The lowest BCUT2D eigenvalue weighted by atomic mass is 10.1. The van der Waals surface area contributed by atoms with E-state index in [1.54, 1.807) is 0 Å². The zero-order valence-electron chi connectivity index (χ0n) is 10.3. The fraction of sp³-hybridized carbons (Fsp3) is 0.500. The van der Waals surface area contributed by atoms with Gasteiger partial charge in [0.2, 0.25) is 0 Å². The number of hydrogen-bond donors (Lipinski definition) is 0. The van der Waals surface area contributed by atoms with Crippen LogP contribution < -0.4 is 9.84 Å². The number of carboxylic acids is 1. The summed E-state index contributed by atoms with van der Waals surface area (Å²) in [4.78, 5) is 10.3. The zero-order valence-corrected chi connectivity index (χ0v) is 10.3. The van der Waals surface area contributed by atoms with Crippen LogP contribution in [0.1, 0.15) is 38.2 Å². The van der Waals surface area contributed by atoms with Crippen molar-refractivity contribution in [2.24, 2.45) is 0 Å². The minimum Gasteiger partial charge on any atom is -0.550 e. The minimum absolute atomic E-state index is 0.0662. The highest BCUT2D eigenvalue weighted by atomic mass is 16.5. The Morgan fingerprint density at radius 1 is 1.24 bits per heavy atom. The van der Waals surface area contributed by atoms with Crippen molar-refractivity contribution in [2.45, 2.75) is 39.0 Å². The Balaban J connectivity index is 2.31. The molecule has 0 saturated heterocycles. The van der Waals surface area contributed by atoms with Crippen molar-refractivity contribution in [2.75, 3.05) is 6.61 Å². The number of rotatable bonds is 8. The van der Waals surface area contributed by atoms with E-state index in [1.165, 1.54) is 12.8 Å². The summed E-state index contributed by atoms with van der Waals surface area (Å²) in [5.41, 5.74) is 0.995. The summed E-state index contributed by atoms with van der Waals surface area (Å²) in [5, 5.41) is 10.3. The fourth-order valence-electron chi connectivity index (χ4n) is 1.54. The van der Waals surface area contributed by atoms with Crippen LogP contribution >= 0.6 is 0 Å². The van der Waals surface area contributed by atoms with E-state index in [2.05, 4.69) is 6.92 Å². The molecule has 94 valence electrons. The molecule has 0 saturated carbocycles. The van der Waals surface area contributed by atoms with Gasteiger partial charge in [-0.1, -0.05) is 31.9 Å². The van der Waals surface area contributed by atoms with Crippen molar-refractivity contribution in [3.63, 3.8) is 0 Å².